The highest BCUT2D eigenvalue weighted by atomic mass is 32.1. The smallest absolute Gasteiger partial charge is 0.325 e. The van der Waals surface area contributed by atoms with Crippen molar-refractivity contribution in [2.45, 2.75) is 46.2 Å². The Hall–Kier alpha value is -2.74. The Morgan fingerprint density at radius 2 is 1.96 bits per heavy atom. The second-order valence-electron chi connectivity index (χ2n) is 7.10. The third-order valence-corrected chi connectivity index (χ3v) is 5.51. The molecule has 1 amide bonds. The molecule has 2 heterocycles. The first-order chi connectivity index (χ1) is 13.3. The number of amides is 1. The molecule has 1 aromatic carbocycles. The van der Waals surface area contributed by atoms with E-state index in [-0.39, 0.29) is 18.5 Å². The number of nitrogens with zero attached hydrogens (tertiary/aromatic N) is 4. The van der Waals surface area contributed by atoms with E-state index in [1.807, 2.05) is 26.0 Å². The van der Waals surface area contributed by atoms with Crippen molar-refractivity contribution in [1.29, 1.82) is 0 Å². The summed E-state index contributed by atoms with van der Waals surface area (Å²) in [6.45, 7) is 8.15. The zero-order valence-corrected chi connectivity index (χ0v) is 17.5. The molecule has 3 aromatic rings. The zero-order valence-electron chi connectivity index (χ0n) is 16.7. The zero-order chi connectivity index (χ0) is 20.4. The lowest BCUT2D eigenvalue weighted by molar-refractivity contribution is -0.141. The van der Waals surface area contributed by atoms with Gasteiger partial charge in [0.25, 0.3) is 5.91 Å². The van der Waals surface area contributed by atoms with Crippen molar-refractivity contribution in [2.75, 3.05) is 7.11 Å². The minimum atomic E-state index is -0.395. The number of aromatic nitrogens is 3. The standard InChI is InChI=1S/C20H24N4O3S/c1-12(2)14-6-7-15-17(10-14)28-20(23(15)11-18(25)27-5)22-19(26)16-8-9-21-24(16)13(3)4/h6-10,12-13H,11H2,1-5H3. The Kier molecular flexibility index (Phi) is 5.79. The predicted octanol–water partition coefficient (Wildman–Crippen LogP) is 3.52. The third kappa shape index (κ3) is 3.91. The Bertz CT molecular complexity index is 1090. The number of esters is 1. The number of hydrogen-bond acceptors (Lipinski definition) is 5. The van der Waals surface area contributed by atoms with E-state index in [0.717, 1.165) is 10.2 Å². The largest absolute Gasteiger partial charge is 0.468 e. The van der Waals surface area contributed by atoms with Gasteiger partial charge >= 0.3 is 5.97 Å². The fraction of sp³-hybridized carbons (Fsp3) is 0.400. The van der Waals surface area contributed by atoms with E-state index >= 15 is 0 Å². The number of benzene rings is 1. The van der Waals surface area contributed by atoms with Crippen molar-refractivity contribution in [3.8, 4) is 0 Å². The first kappa shape index (κ1) is 20.0. The summed E-state index contributed by atoms with van der Waals surface area (Å²) < 4.78 is 9.16. The fourth-order valence-electron chi connectivity index (χ4n) is 2.92. The van der Waals surface area contributed by atoms with Gasteiger partial charge in [0.05, 0.1) is 17.3 Å². The Balaban J connectivity index is 2.15. The minimum absolute atomic E-state index is 0.00686. The highest BCUT2D eigenvalue weighted by Gasteiger charge is 2.16. The van der Waals surface area contributed by atoms with Crippen LogP contribution in [0.4, 0.5) is 0 Å². The number of carbonyl (C=O) groups is 2. The summed E-state index contributed by atoms with van der Waals surface area (Å²) in [7, 11) is 1.34. The van der Waals surface area contributed by atoms with Crippen LogP contribution >= 0.6 is 11.3 Å². The Labute approximate surface area is 167 Å². The summed E-state index contributed by atoms with van der Waals surface area (Å²) in [6, 6.07) is 7.78. The Morgan fingerprint density at radius 1 is 1.21 bits per heavy atom. The molecule has 0 bridgehead atoms. The summed E-state index contributed by atoms with van der Waals surface area (Å²) >= 11 is 1.39. The maximum Gasteiger partial charge on any atom is 0.325 e. The van der Waals surface area contributed by atoms with Crippen LogP contribution in [0.25, 0.3) is 10.2 Å². The highest BCUT2D eigenvalue weighted by Crippen LogP contribution is 2.24. The lowest BCUT2D eigenvalue weighted by atomic mass is 10.0. The normalized spacial score (nSPS) is 12.3. The maximum atomic E-state index is 12.8. The quantitative estimate of drug-likeness (QED) is 0.614. The first-order valence-electron chi connectivity index (χ1n) is 9.14. The second-order valence-corrected chi connectivity index (χ2v) is 8.11. The number of rotatable bonds is 5. The molecule has 0 unspecified atom stereocenters. The minimum Gasteiger partial charge on any atom is -0.468 e. The van der Waals surface area contributed by atoms with Gasteiger partial charge in [-0.3, -0.25) is 14.3 Å². The number of ether oxygens (including phenoxy) is 1. The average molecular weight is 401 g/mol. The first-order valence-corrected chi connectivity index (χ1v) is 9.96. The third-order valence-electron chi connectivity index (χ3n) is 4.46. The molecule has 0 aliphatic heterocycles. The number of methoxy groups -OCH3 is 1. The van der Waals surface area contributed by atoms with Gasteiger partial charge in [0, 0.05) is 12.2 Å². The van der Waals surface area contributed by atoms with Gasteiger partial charge in [0.2, 0.25) is 0 Å². The molecule has 3 rings (SSSR count). The average Bonchev–Trinajstić information content (AvgIpc) is 3.26. The van der Waals surface area contributed by atoms with E-state index in [1.165, 1.54) is 24.0 Å². The molecule has 2 aromatic heterocycles. The molecule has 148 valence electrons. The molecule has 0 spiro atoms. The predicted molar refractivity (Wildman–Crippen MR) is 108 cm³/mol. The van der Waals surface area contributed by atoms with Gasteiger partial charge in [-0.1, -0.05) is 31.3 Å². The molecule has 0 saturated heterocycles. The van der Waals surface area contributed by atoms with Crippen molar-refractivity contribution >= 4 is 33.4 Å². The maximum absolute atomic E-state index is 12.8. The molecule has 0 aliphatic carbocycles. The summed E-state index contributed by atoms with van der Waals surface area (Å²) in [5.74, 6) is -0.405. The van der Waals surface area contributed by atoms with E-state index in [4.69, 9.17) is 4.74 Å². The molecule has 28 heavy (non-hydrogen) atoms. The van der Waals surface area contributed by atoms with E-state index in [9.17, 15) is 9.59 Å². The van der Waals surface area contributed by atoms with E-state index in [1.54, 1.807) is 21.5 Å². The van der Waals surface area contributed by atoms with Crippen LogP contribution in [0.15, 0.2) is 35.5 Å². The summed E-state index contributed by atoms with van der Waals surface area (Å²) in [5.41, 5.74) is 2.46. The Morgan fingerprint density at radius 3 is 2.61 bits per heavy atom. The van der Waals surface area contributed by atoms with Crippen molar-refractivity contribution in [3.05, 3.63) is 46.5 Å². The van der Waals surface area contributed by atoms with Crippen molar-refractivity contribution in [2.24, 2.45) is 4.99 Å². The van der Waals surface area contributed by atoms with E-state index in [2.05, 4.69) is 30.0 Å². The lowest BCUT2D eigenvalue weighted by Crippen LogP contribution is -2.23. The molecule has 0 fully saturated rings. The number of carbonyl (C=O) groups excluding carboxylic acids is 2. The number of fused-ring (bicyclic) bond motifs is 1. The van der Waals surface area contributed by atoms with Crippen LogP contribution in [0.2, 0.25) is 0 Å². The van der Waals surface area contributed by atoms with Crippen LogP contribution in [-0.4, -0.2) is 33.3 Å². The summed E-state index contributed by atoms with van der Waals surface area (Å²) in [5, 5.41) is 4.19. The van der Waals surface area contributed by atoms with Gasteiger partial charge in [-0.25, -0.2) is 0 Å². The number of thiazole rings is 1. The topological polar surface area (TPSA) is 78.5 Å². The van der Waals surface area contributed by atoms with E-state index < -0.39 is 5.97 Å². The van der Waals surface area contributed by atoms with E-state index in [0.29, 0.717) is 16.4 Å². The van der Waals surface area contributed by atoms with Crippen LogP contribution in [0.1, 0.15) is 55.7 Å². The molecule has 7 nitrogen and oxygen atoms in total. The van der Waals surface area contributed by atoms with Crippen LogP contribution in [-0.2, 0) is 16.1 Å². The molecule has 0 N–H and O–H groups in total. The van der Waals surface area contributed by atoms with Gasteiger partial charge < -0.3 is 9.30 Å². The number of hydrogen-bond donors (Lipinski definition) is 0. The van der Waals surface area contributed by atoms with Gasteiger partial charge in [-0.05, 0) is 43.5 Å². The van der Waals surface area contributed by atoms with Gasteiger partial charge in [-0.2, -0.15) is 10.1 Å². The SMILES string of the molecule is COC(=O)Cn1c(=NC(=O)c2ccnn2C(C)C)sc2cc(C(C)C)ccc21. The molecule has 0 radical (unpaired) electrons. The summed E-state index contributed by atoms with van der Waals surface area (Å²) in [4.78, 5) is 29.5. The molecular formula is C20H24N4O3S. The van der Waals surface area contributed by atoms with Crippen LogP contribution in [0, 0.1) is 0 Å². The summed E-state index contributed by atoms with van der Waals surface area (Å²) in [6.07, 6.45) is 1.59. The molecular weight excluding hydrogens is 376 g/mol. The van der Waals surface area contributed by atoms with Crippen LogP contribution < -0.4 is 4.80 Å². The molecule has 0 aliphatic rings. The molecule has 8 heteroatoms. The van der Waals surface area contributed by atoms with Crippen molar-refractivity contribution in [3.63, 3.8) is 0 Å². The fourth-order valence-corrected chi connectivity index (χ4v) is 4.00. The van der Waals surface area contributed by atoms with Crippen molar-refractivity contribution in [1.82, 2.24) is 14.3 Å². The molecule has 0 atom stereocenters. The van der Waals surface area contributed by atoms with Crippen molar-refractivity contribution < 1.29 is 14.3 Å². The van der Waals surface area contributed by atoms with Crippen LogP contribution in [0.5, 0.6) is 0 Å². The lowest BCUT2D eigenvalue weighted by Gasteiger charge is -2.08. The molecule has 0 saturated carbocycles. The highest BCUT2D eigenvalue weighted by molar-refractivity contribution is 7.16. The van der Waals surface area contributed by atoms with Gasteiger partial charge in [-0.15, -0.1) is 0 Å². The van der Waals surface area contributed by atoms with Gasteiger partial charge in [0.1, 0.15) is 12.2 Å². The second kappa shape index (κ2) is 8.10. The van der Waals surface area contributed by atoms with Gasteiger partial charge in [0.15, 0.2) is 4.80 Å². The van der Waals surface area contributed by atoms with Crippen LogP contribution in [0.3, 0.4) is 0 Å². The monoisotopic (exact) mass is 400 g/mol.